The molecule has 0 bridgehead atoms. The summed E-state index contributed by atoms with van der Waals surface area (Å²) in [5, 5.41) is 9.26. The van der Waals surface area contributed by atoms with Crippen LogP contribution in [-0.4, -0.2) is 51.9 Å². The molecule has 0 unspecified atom stereocenters. The number of fused-ring (bicyclic) bond motifs is 1. The lowest BCUT2D eigenvalue weighted by Gasteiger charge is -2.17. The number of rotatable bonds is 10. The minimum absolute atomic E-state index is 0.0813. The van der Waals surface area contributed by atoms with E-state index in [4.69, 9.17) is 0 Å². The third kappa shape index (κ3) is 5.33. The largest absolute Gasteiger partial charge is 0.351 e. The summed E-state index contributed by atoms with van der Waals surface area (Å²) in [6, 6.07) is 13.7. The highest BCUT2D eigenvalue weighted by molar-refractivity contribution is 7.13. The molecule has 8 heteroatoms. The molecule has 0 atom stereocenters. The lowest BCUT2D eigenvalue weighted by molar-refractivity contribution is 0.0947. The van der Waals surface area contributed by atoms with E-state index in [0.29, 0.717) is 18.2 Å². The van der Waals surface area contributed by atoms with Gasteiger partial charge in [0.15, 0.2) is 0 Å². The number of hydrogen-bond acceptors (Lipinski definition) is 6. The van der Waals surface area contributed by atoms with Crippen LogP contribution in [0.1, 0.15) is 30.8 Å². The van der Waals surface area contributed by atoms with Crippen molar-refractivity contribution < 1.29 is 4.79 Å². The molecule has 0 aliphatic rings. The Labute approximate surface area is 191 Å². The number of nitrogens with zero attached hydrogens (tertiary/aromatic N) is 3. The molecule has 4 aromatic rings. The minimum atomic E-state index is -0.0813. The van der Waals surface area contributed by atoms with Gasteiger partial charge in [0.05, 0.1) is 10.6 Å². The first-order valence-corrected chi connectivity index (χ1v) is 11.8. The van der Waals surface area contributed by atoms with Gasteiger partial charge in [-0.3, -0.25) is 4.79 Å². The lowest BCUT2D eigenvalue weighted by Crippen LogP contribution is -2.30. The van der Waals surface area contributed by atoms with Crippen LogP contribution in [0.15, 0.2) is 54.0 Å². The third-order valence-electron chi connectivity index (χ3n) is 5.38. The fourth-order valence-electron chi connectivity index (χ4n) is 3.58. The van der Waals surface area contributed by atoms with Crippen LogP contribution in [0.4, 0.5) is 11.6 Å². The summed E-state index contributed by atoms with van der Waals surface area (Å²) in [6.07, 6.45) is 2.69. The first kappa shape index (κ1) is 22.0. The van der Waals surface area contributed by atoms with Crippen molar-refractivity contribution in [1.82, 2.24) is 25.2 Å². The molecule has 0 saturated carbocycles. The third-order valence-corrected chi connectivity index (χ3v) is 6.27. The van der Waals surface area contributed by atoms with E-state index in [1.54, 1.807) is 17.5 Å². The van der Waals surface area contributed by atoms with Crippen molar-refractivity contribution >= 4 is 39.8 Å². The van der Waals surface area contributed by atoms with E-state index in [1.165, 1.54) is 0 Å². The Morgan fingerprint density at radius 1 is 1.16 bits per heavy atom. The zero-order chi connectivity index (χ0) is 22.3. The van der Waals surface area contributed by atoms with E-state index in [9.17, 15) is 4.79 Å². The molecule has 0 radical (unpaired) electrons. The molecule has 32 heavy (non-hydrogen) atoms. The Balaban J connectivity index is 1.40. The van der Waals surface area contributed by atoms with Crippen LogP contribution >= 0.6 is 11.3 Å². The molecule has 4 rings (SSSR count). The highest BCUT2D eigenvalue weighted by Gasteiger charge is 2.10. The highest BCUT2D eigenvalue weighted by atomic mass is 32.1. The van der Waals surface area contributed by atoms with Crippen molar-refractivity contribution in [2.45, 2.75) is 20.3 Å². The zero-order valence-corrected chi connectivity index (χ0v) is 19.2. The second-order valence-corrected chi connectivity index (χ2v) is 8.44. The predicted molar refractivity (Wildman–Crippen MR) is 132 cm³/mol. The van der Waals surface area contributed by atoms with Crippen molar-refractivity contribution in [1.29, 1.82) is 0 Å². The van der Waals surface area contributed by atoms with Gasteiger partial charge in [0.25, 0.3) is 5.91 Å². The summed E-state index contributed by atoms with van der Waals surface area (Å²) in [4.78, 5) is 28.1. The van der Waals surface area contributed by atoms with Crippen LogP contribution in [0.5, 0.6) is 0 Å². The van der Waals surface area contributed by atoms with Crippen LogP contribution in [0, 0.1) is 0 Å². The zero-order valence-electron chi connectivity index (χ0n) is 18.4. The topological polar surface area (TPSA) is 85.9 Å². The van der Waals surface area contributed by atoms with Gasteiger partial charge in [-0.05, 0) is 67.8 Å². The van der Waals surface area contributed by atoms with Gasteiger partial charge in [-0.15, -0.1) is 11.3 Å². The van der Waals surface area contributed by atoms with E-state index in [1.807, 2.05) is 47.8 Å². The van der Waals surface area contributed by atoms with Crippen LogP contribution in [0.25, 0.3) is 21.5 Å². The Bertz CT molecular complexity index is 1170. The molecule has 3 N–H and O–H groups in total. The SMILES string of the molecule is CCN(CC)CCCNC(=O)c1cc2cc(Nc3nccc(-c4cccs4)n3)ccc2[nH]1. The monoisotopic (exact) mass is 448 g/mol. The molecule has 1 amide bonds. The molecular formula is C24H28N6OS. The molecule has 0 aliphatic carbocycles. The van der Waals surface area contributed by atoms with Gasteiger partial charge in [0.2, 0.25) is 5.95 Å². The number of amides is 1. The number of thiophene rings is 1. The standard InChI is InChI=1S/C24H28N6OS/c1-3-30(4-2)13-6-11-25-23(31)21-16-17-15-18(8-9-19(17)28-21)27-24-26-12-10-20(29-24)22-7-5-14-32-22/h5,7-10,12,14-16,28H,3-4,6,11,13H2,1-2H3,(H,25,31)(H,26,27,29). The van der Waals surface area contributed by atoms with Gasteiger partial charge in [-0.25, -0.2) is 9.97 Å². The normalized spacial score (nSPS) is 11.2. The number of hydrogen-bond donors (Lipinski definition) is 3. The predicted octanol–water partition coefficient (Wildman–Crippen LogP) is 4.89. The Morgan fingerprint density at radius 2 is 2.03 bits per heavy atom. The van der Waals surface area contributed by atoms with Crippen LogP contribution in [-0.2, 0) is 0 Å². The molecule has 3 aromatic heterocycles. The average Bonchev–Trinajstić information content (AvgIpc) is 3.49. The van der Waals surface area contributed by atoms with Gasteiger partial charge in [-0.1, -0.05) is 19.9 Å². The van der Waals surface area contributed by atoms with Crippen LogP contribution in [0.3, 0.4) is 0 Å². The Hall–Kier alpha value is -3.23. The van der Waals surface area contributed by atoms with Gasteiger partial charge in [0, 0.05) is 29.3 Å². The molecule has 1 aromatic carbocycles. The number of nitrogens with one attached hydrogen (secondary N) is 3. The van der Waals surface area contributed by atoms with Crippen molar-refractivity contribution in [3.8, 4) is 10.6 Å². The Kier molecular flexibility index (Phi) is 7.14. The maximum absolute atomic E-state index is 12.5. The minimum Gasteiger partial charge on any atom is -0.351 e. The molecule has 0 spiro atoms. The van der Waals surface area contributed by atoms with E-state index < -0.39 is 0 Å². The smallest absolute Gasteiger partial charge is 0.267 e. The summed E-state index contributed by atoms with van der Waals surface area (Å²) >= 11 is 1.65. The van der Waals surface area contributed by atoms with Gasteiger partial charge < -0.3 is 20.5 Å². The van der Waals surface area contributed by atoms with Crippen molar-refractivity contribution in [3.05, 3.63) is 59.7 Å². The summed E-state index contributed by atoms with van der Waals surface area (Å²) in [6.45, 7) is 8.03. The first-order valence-electron chi connectivity index (χ1n) is 10.9. The number of anilines is 2. The van der Waals surface area contributed by atoms with E-state index >= 15 is 0 Å². The van der Waals surface area contributed by atoms with Crippen LogP contribution < -0.4 is 10.6 Å². The summed E-state index contributed by atoms with van der Waals surface area (Å²) in [5.41, 5.74) is 3.24. The summed E-state index contributed by atoms with van der Waals surface area (Å²) < 4.78 is 0. The highest BCUT2D eigenvalue weighted by Crippen LogP contribution is 2.25. The maximum Gasteiger partial charge on any atom is 0.267 e. The summed E-state index contributed by atoms with van der Waals surface area (Å²) in [7, 11) is 0. The number of benzene rings is 1. The number of carbonyl (C=O) groups is 1. The molecule has 7 nitrogen and oxygen atoms in total. The average molecular weight is 449 g/mol. The maximum atomic E-state index is 12.5. The van der Waals surface area contributed by atoms with Gasteiger partial charge in [-0.2, -0.15) is 0 Å². The number of H-pyrrole nitrogens is 1. The van der Waals surface area contributed by atoms with Crippen molar-refractivity contribution in [2.24, 2.45) is 0 Å². The first-order chi connectivity index (χ1) is 15.7. The second kappa shape index (κ2) is 10.4. The van der Waals surface area contributed by atoms with Crippen LogP contribution in [0.2, 0.25) is 0 Å². The number of aromatic amines is 1. The van der Waals surface area contributed by atoms with Crippen molar-refractivity contribution in [2.75, 3.05) is 31.5 Å². The number of carbonyl (C=O) groups excluding carboxylic acids is 1. The van der Waals surface area contributed by atoms with E-state index in [-0.39, 0.29) is 5.91 Å². The molecule has 166 valence electrons. The fourth-order valence-corrected chi connectivity index (χ4v) is 4.28. The second-order valence-electron chi connectivity index (χ2n) is 7.49. The molecule has 3 heterocycles. The van der Waals surface area contributed by atoms with Gasteiger partial charge in [0.1, 0.15) is 5.69 Å². The lowest BCUT2D eigenvalue weighted by atomic mass is 10.2. The molecule has 0 fully saturated rings. The van der Waals surface area contributed by atoms with Gasteiger partial charge >= 0.3 is 0 Å². The Morgan fingerprint density at radius 3 is 2.81 bits per heavy atom. The molecule has 0 aliphatic heterocycles. The molecular weight excluding hydrogens is 420 g/mol. The summed E-state index contributed by atoms with van der Waals surface area (Å²) in [5.74, 6) is 0.458. The molecule has 0 saturated heterocycles. The van der Waals surface area contributed by atoms with E-state index in [0.717, 1.165) is 53.2 Å². The van der Waals surface area contributed by atoms with E-state index in [2.05, 4.69) is 44.3 Å². The van der Waals surface area contributed by atoms with Crippen molar-refractivity contribution in [3.63, 3.8) is 0 Å². The number of aromatic nitrogens is 3. The quantitative estimate of drug-likeness (QED) is 0.301. The fraction of sp³-hybridized carbons (Fsp3) is 0.292.